The molecule has 1 heterocycles. The molecular formula is C18H25IN4O. The minimum Gasteiger partial charge on any atom is -0.370 e. The van der Waals surface area contributed by atoms with Gasteiger partial charge < -0.3 is 15.6 Å². The zero-order valence-electron chi connectivity index (χ0n) is 14.3. The average molecular weight is 440 g/mol. The van der Waals surface area contributed by atoms with Crippen molar-refractivity contribution in [3.63, 3.8) is 0 Å². The lowest BCUT2D eigenvalue weighted by atomic mass is 10.1. The molecule has 0 amide bonds. The third-order valence-corrected chi connectivity index (χ3v) is 4.39. The van der Waals surface area contributed by atoms with Crippen molar-refractivity contribution in [3.05, 3.63) is 46.3 Å². The number of halogens is 1. The van der Waals surface area contributed by atoms with Crippen molar-refractivity contribution >= 4 is 35.6 Å². The van der Waals surface area contributed by atoms with Crippen LogP contribution in [0, 0.1) is 0 Å². The Kier molecular flexibility index (Phi) is 6.65. The predicted octanol–water partition coefficient (Wildman–Crippen LogP) is 3.83. The molecule has 0 spiro atoms. The maximum atomic E-state index is 6.04. The summed E-state index contributed by atoms with van der Waals surface area (Å²) < 4.78 is 5.36. The van der Waals surface area contributed by atoms with Gasteiger partial charge >= 0.3 is 0 Å². The maximum absolute atomic E-state index is 6.04. The number of benzene rings is 1. The zero-order chi connectivity index (χ0) is 16.2. The lowest BCUT2D eigenvalue weighted by Crippen LogP contribution is -2.22. The van der Waals surface area contributed by atoms with Crippen LogP contribution in [-0.4, -0.2) is 11.1 Å². The Balaban J connectivity index is 0.00000208. The molecule has 3 N–H and O–H groups in total. The summed E-state index contributed by atoms with van der Waals surface area (Å²) in [5, 5.41) is 7.29. The number of nitrogens with two attached hydrogens (primary N) is 1. The molecule has 2 aromatic rings. The van der Waals surface area contributed by atoms with E-state index in [1.54, 1.807) is 0 Å². The van der Waals surface area contributed by atoms with Gasteiger partial charge in [-0.25, -0.2) is 4.99 Å². The molecule has 1 aliphatic carbocycles. The number of hydrogen-bond donors (Lipinski definition) is 2. The first-order valence-electron chi connectivity index (χ1n) is 8.36. The Hall–Kier alpha value is -1.57. The van der Waals surface area contributed by atoms with E-state index in [9.17, 15) is 0 Å². The number of fused-ring (bicyclic) bond motifs is 1. The van der Waals surface area contributed by atoms with E-state index in [2.05, 4.69) is 47.5 Å². The summed E-state index contributed by atoms with van der Waals surface area (Å²) in [6.45, 7) is 4.62. The largest absolute Gasteiger partial charge is 0.370 e. The maximum Gasteiger partial charge on any atom is 0.193 e. The number of rotatable bonds is 5. The Morgan fingerprint density at radius 1 is 1.25 bits per heavy atom. The van der Waals surface area contributed by atoms with E-state index in [1.165, 1.54) is 24.0 Å². The van der Waals surface area contributed by atoms with E-state index in [1.807, 2.05) is 0 Å². The number of nitrogens with zero attached hydrogens (tertiary/aromatic N) is 2. The van der Waals surface area contributed by atoms with Gasteiger partial charge in [-0.2, -0.15) is 0 Å². The van der Waals surface area contributed by atoms with Crippen molar-refractivity contribution < 1.29 is 4.52 Å². The summed E-state index contributed by atoms with van der Waals surface area (Å²) in [5.74, 6) is 1.32. The summed E-state index contributed by atoms with van der Waals surface area (Å²) in [6.07, 6.45) is 5.24. The molecule has 1 aromatic heterocycles. The van der Waals surface area contributed by atoms with E-state index in [0.717, 1.165) is 42.0 Å². The molecule has 130 valence electrons. The molecule has 0 atom stereocenters. The number of aryl methyl sites for hydroxylation is 4. The number of aliphatic imine (C=N–C) groups is 1. The van der Waals surface area contributed by atoms with Crippen LogP contribution in [0.1, 0.15) is 48.4 Å². The SMILES string of the molecule is CCc1noc(CC)c1CN=C(N)Nc1ccc2c(c1)CCC2.I. The summed E-state index contributed by atoms with van der Waals surface area (Å²) in [7, 11) is 0. The number of hydrogen-bond acceptors (Lipinski definition) is 3. The molecule has 1 aliphatic rings. The smallest absolute Gasteiger partial charge is 0.193 e. The van der Waals surface area contributed by atoms with Crippen molar-refractivity contribution in [2.75, 3.05) is 5.32 Å². The Morgan fingerprint density at radius 2 is 2.04 bits per heavy atom. The Bertz CT molecular complexity index is 702. The molecule has 0 unspecified atom stereocenters. The second-order valence-electron chi connectivity index (χ2n) is 5.90. The fourth-order valence-corrected chi connectivity index (χ4v) is 3.12. The van der Waals surface area contributed by atoms with E-state index < -0.39 is 0 Å². The lowest BCUT2D eigenvalue weighted by molar-refractivity contribution is 0.380. The van der Waals surface area contributed by atoms with Crippen LogP contribution in [0.5, 0.6) is 0 Å². The molecular weight excluding hydrogens is 415 g/mol. The number of nitrogens with one attached hydrogen (secondary N) is 1. The monoisotopic (exact) mass is 440 g/mol. The van der Waals surface area contributed by atoms with Crippen LogP contribution in [0.25, 0.3) is 0 Å². The highest BCUT2D eigenvalue weighted by Crippen LogP contribution is 2.24. The van der Waals surface area contributed by atoms with Crippen molar-refractivity contribution in [2.45, 2.75) is 52.5 Å². The molecule has 6 heteroatoms. The second kappa shape index (κ2) is 8.50. The van der Waals surface area contributed by atoms with Crippen molar-refractivity contribution in [2.24, 2.45) is 10.7 Å². The topological polar surface area (TPSA) is 76.4 Å². The van der Waals surface area contributed by atoms with Gasteiger partial charge in [-0.1, -0.05) is 25.1 Å². The molecule has 0 fully saturated rings. The van der Waals surface area contributed by atoms with E-state index in [0.29, 0.717) is 12.5 Å². The van der Waals surface area contributed by atoms with Gasteiger partial charge in [-0.3, -0.25) is 0 Å². The van der Waals surface area contributed by atoms with Crippen LogP contribution in [0.4, 0.5) is 5.69 Å². The van der Waals surface area contributed by atoms with Crippen LogP contribution >= 0.6 is 24.0 Å². The van der Waals surface area contributed by atoms with Gasteiger partial charge in [0.15, 0.2) is 5.96 Å². The van der Waals surface area contributed by atoms with Crippen LogP contribution < -0.4 is 11.1 Å². The highest BCUT2D eigenvalue weighted by molar-refractivity contribution is 14.0. The molecule has 1 aromatic carbocycles. The highest BCUT2D eigenvalue weighted by Gasteiger charge is 2.13. The minimum atomic E-state index is 0. The fraction of sp³-hybridized carbons (Fsp3) is 0.444. The van der Waals surface area contributed by atoms with E-state index in [4.69, 9.17) is 10.3 Å². The standard InChI is InChI=1S/C18H24N4O.HI/c1-3-16-15(17(4-2)23-22-16)11-20-18(19)21-14-9-8-12-6-5-7-13(12)10-14;/h8-10H,3-7,11H2,1-2H3,(H3,19,20,21);1H. The Morgan fingerprint density at radius 3 is 2.79 bits per heavy atom. The number of aromatic nitrogens is 1. The van der Waals surface area contributed by atoms with Gasteiger partial charge in [0.1, 0.15) is 5.76 Å². The first kappa shape index (κ1) is 18.8. The van der Waals surface area contributed by atoms with E-state index in [-0.39, 0.29) is 24.0 Å². The minimum absolute atomic E-state index is 0. The number of guanidine groups is 1. The summed E-state index contributed by atoms with van der Waals surface area (Å²) >= 11 is 0. The fourth-order valence-electron chi connectivity index (χ4n) is 3.12. The summed E-state index contributed by atoms with van der Waals surface area (Å²) in [5.41, 5.74) is 11.9. The zero-order valence-corrected chi connectivity index (χ0v) is 16.6. The first-order chi connectivity index (χ1) is 11.2. The van der Waals surface area contributed by atoms with E-state index >= 15 is 0 Å². The number of anilines is 1. The van der Waals surface area contributed by atoms with Crippen LogP contribution in [-0.2, 0) is 32.2 Å². The van der Waals surface area contributed by atoms with Crippen molar-refractivity contribution in [3.8, 4) is 0 Å². The Labute approximate surface area is 160 Å². The van der Waals surface area contributed by atoms with Crippen LogP contribution in [0.15, 0.2) is 27.7 Å². The summed E-state index contributed by atoms with van der Waals surface area (Å²) in [6, 6.07) is 6.43. The summed E-state index contributed by atoms with van der Waals surface area (Å²) in [4.78, 5) is 4.46. The molecule has 24 heavy (non-hydrogen) atoms. The second-order valence-corrected chi connectivity index (χ2v) is 5.90. The molecule has 0 saturated carbocycles. The molecule has 0 saturated heterocycles. The molecule has 0 radical (unpaired) electrons. The van der Waals surface area contributed by atoms with Gasteiger partial charge in [-0.05, 0) is 48.9 Å². The lowest BCUT2D eigenvalue weighted by Gasteiger charge is -2.08. The average Bonchev–Trinajstić information content (AvgIpc) is 3.18. The normalized spacial score (nSPS) is 13.5. The van der Waals surface area contributed by atoms with Crippen LogP contribution in [0.2, 0.25) is 0 Å². The van der Waals surface area contributed by atoms with Gasteiger partial charge in [0.25, 0.3) is 0 Å². The van der Waals surface area contributed by atoms with Crippen molar-refractivity contribution in [1.29, 1.82) is 0 Å². The third kappa shape index (κ3) is 4.09. The van der Waals surface area contributed by atoms with Gasteiger partial charge in [0.05, 0.1) is 12.2 Å². The van der Waals surface area contributed by atoms with Crippen LogP contribution in [0.3, 0.4) is 0 Å². The quantitative estimate of drug-likeness (QED) is 0.421. The molecule has 0 aliphatic heterocycles. The highest BCUT2D eigenvalue weighted by atomic mass is 127. The van der Waals surface area contributed by atoms with Gasteiger partial charge in [0, 0.05) is 17.7 Å². The van der Waals surface area contributed by atoms with Gasteiger partial charge in [0.2, 0.25) is 0 Å². The van der Waals surface area contributed by atoms with Crippen molar-refractivity contribution in [1.82, 2.24) is 5.16 Å². The molecule has 5 nitrogen and oxygen atoms in total. The third-order valence-electron chi connectivity index (χ3n) is 4.39. The van der Waals surface area contributed by atoms with Gasteiger partial charge in [-0.15, -0.1) is 24.0 Å². The predicted molar refractivity (Wildman–Crippen MR) is 108 cm³/mol. The molecule has 0 bridgehead atoms. The molecule has 3 rings (SSSR count). The first-order valence-corrected chi connectivity index (χ1v) is 8.36.